The quantitative estimate of drug-likeness (QED) is 0.891. The van der Waals surface area contributed by atoms with Gasteiger partial charge in [0.05, 0.1) is 6.10 Å². The lowest BCUT2D eigenvalue weighted by molar-refractivity contribution is -0.116. The molecule has 1 heterocycles. The predicted molar refractivity (Wildman–Crippen MR) is 79.2 cm³/mol. The van der Waals surface area contributed by atoms with Gasteiger partial charge in [0, 0.05) is 36.2 Å². The molecule has 1 amide bonds. The van der Waals surface area contributed by atoms with Crippen LogP contribution in [0.5, 0.6) is 0 Å². The molecule has 0 saturated carbocycles. The van der Waals surface area contributed by atoms with Gasteiger partial charge in [0.25, 0.3) is 0 Å². The Morgan fingerprint density at radius 2 is 2.37 bits per heavy atom. The largest absolute Gasteiger partial charge is 0.392 e. The summed E-state index contributed by atoms with van der Waals surface area (Å²) in [7, 11) is 0. The Hall–Kier alpha value is -0.910. The predicted octanol–water partition coefficient (Wildman–Crippen LogP) is 2.15. The molecule has 1 aliphatic rings. The molecule has 2 N–H and O–H groups in total. The summed E-state index contributed by atoms with van der Waals surface area (Å²) in [6.07, 6.45) is 1.04. The Morgan fingerprint density at radius 3 is 3.05 bits per heavy atom. The Morgan fingerprint density at radius 1 is 1.58 bits per heavy atom. The van der Waals surface area contributed by atoms with Gasteiger partial charge in [-0.05, 0) is 31.0 Å². The molecule has 0 aliphatic carbocycles. The minimum absolute atomic E-state index is 0.0163. The minimum Gasteiger partial charge on any atom is -0.392 e. The number of amides is 1. The zero-order chi connectivity index (χ0) is 13.8. The van der Waals surface area contributed by atoms with E-state index in [1.807, 2.05) is 25.1 Å². The van der Waals surface area contributed by atoms with Crippen LogP contribution < -0.4 is 5.32 Å². The second-order valence-corrected chi connectivity index (χ2v) is 5.81. The van der Waals surface area contributed by atoms with E-state index in [1.165, 1.54) is 0 Å². The highest BCUT2D eigenvalue weighted by molar-refractivity contribution is 9.10. The minimum atomic E-state index is -0.226. The van der Waals surface area contributed by atoms with Gasteiger partial charge in [-0.3, -0.25) is 4.79 Å². The maximum Gasteiger partial charge on any atom is 0.225 e. The summed E-state index contributed by atoms with van der Waals surface area (Å²) in [4.78, 5) is 14.0. The van der Waals surface area contributed by atoms with Crippen LogP contribution in [0.25, 0.3) is 0 Å². The first kappa shape index (κ1) is 14.5. The van der Waals surface area contributed by atoms with Gasteiger partial charge in [-0.2, -0.15) is 0 Å². The molecule has 0 aromatic heterocycles. The number of hydrogen-bond acceptors (Lipinski definition) is 3. The van der Waals surface area contributed by atoms with Gasteiger partial charge in [0.15, 0.2) is 0 Å². The van der Waals surface area contributed by atoms with E-state index >= 15 is 0 Å². The lowest BCUT2D eigenvalue weighted by atomic mass is 10.2. The molecule has 104 valence electrons. The first-order valence-electron chi connectivity index (χ1n) is 6.51. The number of aliphatic hydroxyl groups excluding tert-OH is 1. The van der Waals surface area contributed by atoms with Crippen molar-refractivity contribution in [1.29, 1.82) is 0 Å². The molecule has 5 heteroatoms. The fourth-order valence-corrected chi connectivity index (χ4v) is 2.60. The fourth-order valence-electron chi connectivity index (χ4n) is 2.23. The summed E-state index contributed by atoms with van der Waals surface area (Å²) >= 11 is 3.45. The molecule has 0 spiro atoms. The third-order valence-electron chi connectivity index (χ3n) is 3.44. The number of anilines is 1. The zero-order valence-electron chi connectivity index (χ0n) is 11.0. The third kappa shape index (κ3) is 4.03. The van der Waals surface area contributed by atoms with E-state index in [0.717, 1.165) is 28.7 Å². The molecule has 1 aliphatic heterocycles. The number of benzene rings is 1. The van der Waals surface area contributed by atoms with Crippen molar-refractivity contribution >= 4 is 27.5 Å². The van der Waals surface area contributed by atoms with E-state index in [9.17, 15) is 9.90 Å². The first-order valence-corrected chi connectivity index (χ1v) is 7.31. The fraction of sp³-hybridized carbons (Fsp3) is 0.500. The molecule has 0 bridgehead atoms. The van der Waals surface area contributed by atoms with Gasteiger partial charge >= 0.3 is 0 Å². The van der Waals surface area contributed by atoms with E-state index in [0.29, 0.717) is 19.5 Å². The van der Waals surface area contributed by atoms with Crippen LogP contribution in [0.2, 0.25) is 0 Å². The van der Waals surface area contributed by atoms with Crippen LogP contribution in [0.3, 0.4) is 0 Å². The SMILES string of the molecule is Cc1c(Br)cccc1NC(=O)CCN1CC[C@@H](O)C1. The average Bonchev–Trinajstić information content (AvgIpc) is 2.78. The van der Waals surface area contributed by atoms with Gasteiger partial charge in [-0.25, -0.2) is 0 Å². The molecule has 2 rings (SSSR count). The van der Waals surface area contributed by atoms with Gasteiger partial charge < -0.3 is 15.3 Å². The number of nitrogens with zero attached hydrogens (tertiary/aromatic N) is 1. The standard InChI is InChI=1S/C14H19BrN2O2/c1-10-12(15)3-2-4-13(10)16-14(19)6-8-17-7-5-11(18)9-17/h2-4,11,18H,5-9H2,1H3,(H,16,19)/t11-/m1/s1. The first-order chi connectivity index (χ1) is 9.06. The number of likely N-dealkylation sites (tertiary alicyclic amines) is 1. The van der Waals surface area contributed by atoms with Crippen molar-refractivity contribution in [1.82, 2.24) is 4.90 Å². The third-order valence-corrected chi connectivity index (χ3v) is 4.30. The highest BCUT2D eigenvalue weighted by atomic mass is 79.9. The highest BCUT2D eigenvalue weighted by Crippen LogP contribution is 2.23. The molecule has 1 aromatic rings. The van der Waals surface area contributed by atoms with Crippen LogP contribution in [0.4, 0.5) is 5.69 Å². The monoisotopic (exact) mass is 326 g/mol. The van der Waals surface area contributed by atoms with E-state index in [-0.39, 0.29) is 12.0 Å². The number of halogens is 1. The maximum atomic E-state index is 11.9. The molecule has 1 atom stereocenters. The number of aliphatic hydroxyl groups is 1. The Kier molecular flexibility index (Phi) is 4.96. The molecule has 0 unspecified atom stereocenters. The molecule has 4 nitrogen and oxygen atoms in total. The second kappa shape index (κ2) is 6.50. The van der Waals surface area contributed by atoms with Gasteiger partial charge in [-0.1, -0.05) is 22.0 Å². The van der Waals surface area contributed by atoms with Gasteiger partial charge in [-0.15, -0.1) is 0 Å². The molecule has 1 fully saturated rings. The second-order valence-electron chi connectivity index (χ2n) is 4.95. The number of hydrogen-bond donors (Lipinski definition) is 2. The summed E-state index contributed by atoms with van der Waals surface area (Å²) in [6, 6.07) is 5.76. The summed E-state index contributed by atoms with van der Waals surface area (Å²) in [5.41, 5.74) is 1.88. The lowest BCUT2D eigenvalue weighted by Gasteiger charge is -2.15. The van der Waals surface area contributed by atoms with E-state index in [4.69, 9.17) is 0 Å². The molecule has 19 heavy (non-hydrogen) atoms. The van der Waals surface area contributed by atoms with Gasteiger partial charge in [0.1, 0.15) is 0 Å². The van der Waals surface area contributed by atoms with Crippen LogP contribution in [0, 0.1) is 6.92 Å². The van der Waals surface area contributed by atoms with Crippen molar-refractivity contribution < 1.29 is 9.90 Å². The molecule has 0 radical (unpaired) electrons. The Balaban J connectivity index is 1.82. The molecule has 1 saturated heterocycles. The van der Waals surface area contributed by atoms with Crippen molar-refractivity contribution in [3.8, 4) is 0 Å². The topological polar surface area (TPSA) is 52.6 Å². The molecular formula is C14H19BrN2O2. The van der Waals surface area contributed by atoms with Crippen LogP contribution in [0.1, 0.15) is 18.4 Å². The van der Waals surface area contributed by atoms with Crippen molar-refractivity contribution in [3.63, 3.8) is 0 Å². The summed E-state index contributed by atoms with van der Waals surface area (Å²) in [5.74, 6) is 0.0163. The van der Waals surface area contributed by atoms with Crippen LogP contribution in [-0.4, -0.2) is 41.7 Å². The smallest absolute Gasteiger partial charge is 0.225 e. The summed E-state index contributed by atoms with van der Waals surface area (Å²) in [5, 5.41) is 12.3. The Bertz CT molecular complexity index is 465. The van der Waals surface area contributed by atoms with Crippen molar-refractivity contribution in [2.24, 2.45) is 0 Å². The van der Waals surface area contributed by atoms with E-state index in [1.54, 1.807) is 0 Å². The molecular weight excluding hydrogens is 308 g/mol. The summed E-state index contributed by atoms with van der Waals surface area (Å²) in [6.45, 7) is 4.24. The van der Waals surface area contributed by atoms with Crippen molar-refractivity contribution in [2.75, 3.05) is 25.0 Å². The number of rotatable bonds is 4. The highest BCUT2D eigenvalue weighted by Gasteiger charge is 2.20. The molecule has 1 aromatic carbocycles. The zero-order valence-corrected chi connectivity index (χ0v) is 12.6. The van der Waals surface area contributed by atoms with Crippen LogP contribution in [-0.2, 0) is 4.79 Å². The normalized spacial score (nSPS) is 19.6. The van der Waals surface area contributed by atoms with E-state index in [2.05, 4.69) is 26.1 Å². The van der Waals surface area contributed by atoms with Crippen molar-refractivity contribution in [2.45, 2.75) is 25.9 Å². The average molecular weight is 327 g/mol. The van der Waals surface area contributed by atoms with Crippen LogP contribution in [0.15, 0.2) is 22.7 Å². The van der Waals surface area contributed by atoms with Gasteiger partial charge in [0.2, 0.25) is 5.91 Å². The lowest BCUT2D eigenvalue weighted by Crippen LogP contribution is -2.26. The number of carbonyl (C=O) groups is 1. The Labute approximate surface area is 121 Å². The van der Waals surface area contributed by atoms with Crippen molar-refractivity contribution in [3.05, 3.63) is 28.2 Å². The number of nitrogens with one attached hydrogen (secondary N) is 1. The number of carbonyl (C=O) groups excluding carboxylic acids is 1. The summed E-state index contributed by atoms with van der Waals surface area (Å²) < 4.78 is 0.993. The maximum absolute atomic E-state index is 11.9. The van der Waals surface area contributed by atoms with Crippen LogP contribution >= 0.6 is 15.9 Å². The number of β-amino-alcohol motifs (C(OH)–C–C–N with tert-alkyl or cyclic N) is 1. The van der Waals surface area contributed by atoms with E-state index < -0.39 is 0 Å².